The average Bonchev–Trinajstić information content (AvgIpc) is 2.05. The fraction of sp³-hybridized carbons (Fsp3) is 0.333. The summed E-state index contributed by atoms with van der Waals surface area (Å²) in [6.07, 6.45) is 0. The van der Waals surface area contributed by atoms with Crippen molar-refractivity contribution in [1.82, 2.24) is 0 Å². The number of hydrogen-bond acceptors (Lipinski definition) is 2. The smallest absolute Gasteiger partial charge is 0.179 e. The third-order valence-corrected chi connectivity index (χ3v) is 4.38. The van der Waals surface area contributed by atoms with Gasteiger partial charge in [-0.3, -0.25) is 0 Å². The molecule has 0 aromatic heterocycles. The molecule has 0 heterocycles. The van der Waals surface area contributed by atoms with Gasteiger partial charge in [0.25, 0.3) is 0 Å². The van der Waals surface area contributed by atoms with Crippen molar-refractivity contribution in [1.29, 1.82) is 0 Å². The van der Waals surface area contributed by atoms with Crippen LogP contribution < -0.4 is 0 Å². The molecule has 0 N–H and O–H groups in total. The van der Waals surface area contributed by atoms with Crippen molar-refractivity contribution in [3.8, 4) is 0 Å². The summed E-state index contributed by atoms with van der Waals surface area (Å²) in [5.74, 6) is 0.149. The fourth-order valence-corrected chi connectivity index (χ4v) is 3.23. The zero-order valence-electron chi connectivity index (χ0n) is 7.33. The minimum Gasteiger partial charge on any atom is -0.224 e. The quantitative estimate of drug-likeness (QED) is 0.783. The van der Waals surface area contributed by atoms with Crippen LogP contribution in [-0.4, -0.2) is 19.5 Å². The van der Waals surface area contributed by atoms with Gasteiger partial charge < -0.3 is 0 Å². The van der Waals surface area contributed by atoms with Gasteiger partial charge in [0, 0.05) is 5.33 Å². The lowest BCUT2D eigenvalue weighted by Gasteiger charge is -2.01. The van der Waals surface area contributed by atoms with Crippen LogP contribution in [0.15, 0.2) is 29.2 Å². The topological polar surface area (TPSA) is 34.1 Å². The maximum Gasteiger partial charge on any atom is 0.179 e. The van der Waals surface area contributed by atoms with Gasteiger partial charge in [-0.25, -0.2) is 8.42 Å². The van der Waals surface area contributed by atoms with Gasteiger partial charge in [0.2, 0.25) is 0 Å². The summed E-state index contributed by atoms with van der Waals surface area (Å²) in [6.45, 7) is 1.93. The predicted molar refractivity (Wildman–Crippen MR) is 57.0 cm³/mol. The van der Waals surface area contributed by atoms with E-state index in [9.17, 15) is 8.42 Å². The Morgan fingerprint density at radius 1 is 1.23 bits per heavy atom. The molecule has 4 heteroatoms. The first-order valence-electron chi connectivity index (χ1n) is 3.91. The van der Waals surface area contributed by atoms with Crippen molar-refractivity contribution in [3.63, 3.8) is 0 Å². The highest BCUT2D eigenvalue weighted by molar-refractivity contribution is 9.09. The molecule has 0 aliphatic rings. The third-order valence-electron chi connectivity index (χ3n) is 1.73. The zero-order valence-corrected chi connectivity index (χ0v) is 9.73. The Labute approximate surface area is 87.0 Å². The van der Waals surface area contributed by atoms with Crippen LogP contribution in [0.4, 0.5) is 0 Å². The van der Waals surface area contributed by atoms with E-state index in [1.165, 1.54) is 0 Å². The van der Waals surface area contributed by atoms with Crippen LogP contribution in [0, 0.1) is 6.92 Å². The van der Waals surface area contributed by atoms with Crippen molar-refractivity contribution in [3.05, 3.63) is 29.8 Å². The second kappa shape index (κ2) is 4.24. The van der Waals surface area contributed by atoms with Gasteiger partial charge in [0.15, 0.2) is 9.84 Å². The highest BCUT2D eigenvalue weighted by Crippen LogP contribution is 2.12. The molecule has 1 aromatic carbocycles. The molecule has 0 amide bonds. The van der Waals surface area contributed by atoms with Crippen molar-refractivity contribution >= 4 is 25.8 Å². The molecule has 0 atom stereocenters. The summed E-state index contributed by atoms with van der Waals surface area (Å²) in [5.41, 5.74) is 1.07. The van der Waals surface area contributed by atoms with Crippen molar-refractivity contribution in [2.24, 2.45) is 0 Å². The first-order chi connectivity index (χ1) is 6.06. The Morgan fingerprint density at radius 2 is 1.77 bits per heavy atom. The van der Waals surface area contributed by atoms with Gasteiger partial charge in [-0.05, 0) is 19.1 Å². The molecular weight excluding hydrogens is 252 g/mol. The molecule has 0 bridgehead atoms. The Morgan fingerprint density at radius 3 is 2.23 bits per heavy atom. The van der Waals surface area contributed by atoms with Crippen LogP contribution in [0.5, 0.6) is 0 Å². The molecule has 0 saturated heterocycles. The summed E-state index contributed by atoms with van der Waals surface area (Å²) in [5, 5.41) is 0.475. The van der Waals surface area contributed by atoms with Crippen molar-refractivity contribution in [2.45, 2.75) is 11.8 Å². The highest BCUT2D eigenvalue weighted by atomic mass is 79.9. The molecule has 1 aromatic rings. The summed E-state index contributed by atoms with van der Waals surface area (Å²) in [7, 11) is -3.07. The maximum absolute atomic E-state index is 11.5. The van der Waals surface area contributed by atoms with Crippen LogP contribution in [-0.2, 0) is 9.84 Å². The molecule has 0 unspecified atom stereocenters. The van der Waals surface area contributed by atoms with Gasteiger partial charge in [-0.15, -0.1) is 0 Å². The Bertz CT molecular complexity index is 367. The first kappa shape index (κ1) is 10.7. The third kappa shape index (κ3) is 2.81. The molecule has 0 aliphatic carbocycles. The lowest BCUT2D eigenvalue weighted by atomic mass is 10.2. The molecule has 1 rings (SSSR count). The molecule has 13 heavy (non-hydrogen) atoms. The second-order valence-corrected chi connectivity index (χ2v) is 5.72. The van der Waals surface area contributed by atoms with Crippen LogP contribution in [0.3, 0.4) is 0 Å². The van der Waals surface area contributed by atoms with Gasteiger partial charge in [-0.1, -0.05) is 33.6 Å². The SMILES string of the molecule is Cc1ccc(S(=O)(=O)CCBr)cc1. The number of aryl methyl sites for hydroxylation is 1. The predicted octanol–water partition coefficient (Wildman–Crippen LogP) is 2.16. The first-order valence-corrected chi connectivity index (χ1v) is 6.69. The van der Waals surface area contributed by atoms with E-state index in [0.717, 1.165) is 5.56 Å². The number of sulfone groups is 1. The second-order valence-electron chi connectivity index (χ2n) is 2.82. The van der Waals surface area contributed by atoms with E-state index in [2.05, 4.69) is 15.9 Å². The van der Waals surface area contributed by atoms with Gasteiger partial charge >= 0.3 is 0 Å². The van der Waals surface area contributed by atoms with Crippen molar-refractivity contribution in [2.75, 3.05) is 11.1 Å². The summed E-state index contributed by atoms with van der Waals surface area (Å²) in [6, 6.07) is 6.91. The number of rotatable bonds is 3. The Hall–Kier alpha value is -0.350. The normalized spacial score (nSPS) is 11.5. The van der Waals surface area contributed by atoms with E-state index >= 15 is 0 Å². The Balaban J connectivity index is 3.02. The van der Waals surface area contributed by atoms with E-state index in [-0.39, 0.29) is 5.75 Å². The molecule has 0 saturated carbocycles. The van der Waals surface area contributed by atoms with E-state index in [4.69, 9.17) is 0 Å². The van der Waals surface area contributed by atoms with Gasteiger partial charge in [0.05, 0.1) is 10.6 Å². The largest absolute Gasteiger partial charge is 0.224 e. The lowest BCUT2D eigenvalue weighted by molar-refractivity contribution is 0.597. The number of alkyl halides is 1. The summed E-state index contributed by atoms with van der Waals surface area (Å²) >= 11 is 3.12. The van der Waals surface area contributed by atoms with E-state index in [0.29, 0.717) is 10.2 Å². The molecule has 0 fully saturated rings. The van der Waals surface area contributed by atoms with Crippen LogP contribution in [0.1, 0.15) is 5.56 Å². The molecule has 0 aliphatic heterocycles. The molecule has 2 nitrogen and oxygen atoms in total. The van der Waals surface area contributed by atoms with Crippen LogP contribution in [0.2, 0.25) is 0 Å². The minimum atomic E-state index is -3.07. The fourth-order valence-electron chi connectivity index (χ4n) is 0.965. The number of hydrogen-bond donors (Lipinski definition) is 0. The van der Waals surface area contributed by atoms with E-state index in [1.54, 1.807) is 24.3 Å². The minimum absolute atomic E-state index is 0.149. The monoisotopic (exact) mass is 262 g/mol. The summed E-state index contributed by atoms with van der Waals surface area (Å²) < 4.78 is 23.0. The molecule has 0 spiro atoms. The average molecular weight is 263 g/mol. The number of benzene rings is 1. The van der Waals surface area contributed by atoms with E-state index < -0.39 is 9.84 Å². The standard InChI is InChI=1S/C9H11BrO2S/c1-8-2-4-9(5-3-8)13(11,12)7-6-10/h2-5H,6-7H2,1H3. The van der Waals surface area contributed by atoms with Gasteiger partial charge in [-0.2, -0.15) is 0 Å². The van der Waals surface area contributed by atoms with Crippen LogP contribution in [0.25, 0.3) is 0 Å². The number of halogens is 1. The highest BCUT2D eigenvalue weighted by Gasteiger charge is 2.12. The van der Waals surface area contributed by atoms with E-state index in [1.807, 2.05) is 6.92 Å². The lowest BCUT2D eigenvalue weighted by Crippen LogP contribution is -2.07. The zero-order chi connectivity index (χ0) is 9.90. The molecule has 72 valence electrons. The van der Waals surface area contributed by atoms with Crippen LogP contribution >= 0.6 is 15.9 Å². The molecular formula is C9H11BrO2S. The van der Waals surface area contributed by atoms with Gasteiger partial charge in [0.1, 0.15) is 0 Å². The molecule has 0 radical (unpaired) electrons. The Kier molecular flexibility index (Phi) is 3.50. The summed E-state index contributed by atoms with van der Waals surface area (Å²) in [4.78, 5) is 0.401. The van der Waals surface area contributed by atoms with Crippen molar-refractivity contribution < 1.29 is 8.42 Å². The maximum atomic E-state index is 11.5.